The van der Waals surface area contributed by atoms with Crippen molar-refractivity contribution in [3.63, 3.8) is 0 Å². The summed E-state index contributed by atoms with van der Waals surface area (Å²) in [5.74, 6) is 0.813. The number of hydrogen-bond donors (Lipinski definition) is 0. The van der Waals surface area contributed by atoms with Crippen LogP contribution in [0, 0.1) is 0 Å². The molecule has 0 radical (unpaired) electrons. The Hall–Kier alpha value is -1.83. The van der Waals surface area contributed by atoms with Gasteiger partial charge in [0.1, 0.15) is 11.9 Å². The third kappa shape index (κ3) is 2.22. The zero-order chi connectivity index (χ0) is 11.5. The van der Waals surface area contributed by atoms with Gasteiger partial charge in [0.05, 0.1) is 12.0 Å². The first kappa shape index (κ1) is 10.7. The lowest BCUT2D eigenvalue weighted by molar-refractivity contribution is 0.0893. The fourth-order valence-corrected chi connectivity index (χ4v) is 1.68. The third-order valence-electron chi connectivity index (χ3n) is 2.45. The zero-order valence-electron chi connectivity index (χ0n) is 9.27. The molecule has 0 aromatic heterocycles. The van der Waals surface area contributed by atoms with E-state index >= 15 is 0 Å². The van der Waals surface area contributed by atoms with Crippen LogP contribution >= 0.6 is 0 Å². The third-order valence-corrected chi connectivity index (χ3v) is 2.45. The molecule has 2 nitrogen and oxygen atoms in total. The molecular formula is C14H14O2. The number of benzene rings is 1. The van der Waals surface area contributed by atoms with Gasteiger partial charge in [0.2, 0.25) is 0 Å². The van der Waals surface area contributed by atoms with E-state index in [0.717, 1.165) is 5.57 Å². The first-order valence-electron chi connectivity index (χ1n) is 5.29. The van der Waals surface area contributed by atoms with Gasteiger partial charge < -0.3 is 4.74 Å². The number of hydrogen-bond acceptors (Lipinski definition) is 2. The minimum atomic E-state index is -0.168. The van der Waals surface area contributed by atoms with Gasteiger partial charge in [-0.25, -0.2) is 0 Å². The molecule has 0 fully saturated rings. The summed E-state index contributed by atoms with van der Waals surface area (Å²) in [7, 11) is 0. The topological polar surface area (TPSA) is 26.3 Å². The van der Waals surface area contributed by atoms with Crippen LogP contribution in [0.1, 0.15) is 23.7 Å². The fourth-order valence-electron chi connectivity index (χ4n) is 1.68. The molecule has 82 valence electrons. The van der Waals surface area contributed by atoms with Crippen LogP contribution in [0.5, 0.6) is 5.75 Å². The second-order valence-electron chi connectivity index (χ2n) is 3.99. The van der Waals surface area contributed by atoms with Crippen LogP contribution in [-0.2, 0) is 0 Å². The van der Waals surface area contributed by atoms with E-state index in [-0.39, 0.29) is 11.9 Å². The summed E-state index contributed by atoms with van der Waals surface area (Å²) in [5, 5.41) is 0. The Balaban J connectivity index is 2.21. The summed E-state index contributed by atoms with van der Waals surface area (Å²) in [5.41, 5.74) is 1.64. The quantitative estimate of drug-likeness (QED) is 0.707. The number of rotatable bonds is 2. The first-order chi connectivity index (χ1) is 7.66. The average molecular weight is 214 g/mol. The van der Waals surface area contributed by atoms with Crippen molar-refractivity contribution < 1.29 is 9.53 Å². The van der Waals surface area contributed by atoms with Gasteiger partial charge >= 0.3 is 0 Å². The number of ether oxygens (including phenoxy) is 1. The Labute approximate surface area is 95.2 Å². The number of carbonyl (C=O) groups is 1. The van der Waals surface area contributed by atoms with E-state index in [1.54, 1.807) is 6.07 Å². The van der Waals surface area contributed by atoms with Crippen molar-refractivity contribution in [2.45, 2.75) is 19.4 Å². The molecule has 0 bridgehead atoms. The largest absolute Gasteiger partial charge is 0.485 e. The molecule has 1 aliphatic rings. The molecule has 0 N–H and O–H groups in total. The minimum absolute atomic E-state index is 0.137. The number of Topliss-reactive ketones (excluding diaryl/α,β-unsaturated/α-hetero) is 1. The highest BCUT2D eigenvalue weighted by Crippen LogP contribution is 2.27. The summed E-state index contributed by atoms with van der Waals surface area (Å²) in [4.78, 5) is 11.8. The van der Waals surface area contributed by atoms with Crippen LogP contribution in [0.2, 0.25) is 0 Å². The minimum Gasteiger partial charge on any atom is -0.485 e. The normalized spacial score (nSPS) is 19.3. The van der Waals surface area contributed by atoms with Gasteiger partial charge in [-0.3, -0.25) is 4.79 Å². The number of para-hydroxylation sites is 1. The van der Waals surface area contributed by atoms with E-state index in [1.807, 2.05) is 37.3 Å². The second-order valence-corrected chi connectivity index (χ2v) is 3.99. The van der Waals surface area contributed by atoms with Gasteiger partial charge in [-0.15, -0.1) is 0 Å². The van der Waals surface area contributed by atoms with Crippen molar-refractivity contribution in [3.05, 3.63) is 54.1 Å². The lowest BCUT2D eigenvalue weighted by atomic mass is 10.0. The van der Waals surface area contributed by atoms with E-state index in [4.69, 9.17) is 4.74 Å². The summed E-state index contributed by atoms with van der Waals surface area (Å²) >= 11 is 0. The van der Waals surface area contributed by atoms with E-state index in [0.29, 0.717) is 17.7 Å². The molecule has 16 heavy (non-hydrogen) atoms. The van der Waals surface area contributed by atoms with Crippen molar-refractivity contribution in [2.75, 3.05) is 0 Å². The maximum absolute atomic E-state index is 11.8. The smallest absolute Gasteiger partial charge is 0.170 e. The van der Waals surface area contributed by atoms with Crippen LogP contribution in [0.25, 0.3) is 0 Å². The summed E-state index contributed by atoms with van der Waals surface area (Å²) in [6.07, 6.45) is 4.00. The van der Waals surface area contributed by atoms with Crippen LogP contribution in [0.3, 0.4) is 0 Å². The molecule has 1 atom stereocenters. The molecule has 0 aliphatic carbocycles. The standard InChI is InChI=1S/C14H14O2/c1-10(2)7-8-11-9-13(15)12-5-3-4-6-14(12)16-11/h3-8,11H,1,9H2,2H3. The highest BCUT2D eigenvalue weighted by atomic mass is 16.5. The Kier molecular flexibility index (Phi) is 2.91. The van der Waals surface area contributed by atoms with E-state index < -0.39 is 0 Å². The van der Waals surface area contributed by atoms with Gasteiger partial charge in [0.25, 0.3) is 0 Å². The molecule has 1 heterocycles. The van der Waals surface area contributed by atoms with Crippen LogP contribution in [-0.4, -0.2) is 11.9 Å². The van der Waals surface area contributed by atoms with Gasteiger partial charge in [-0.05, 0) is 25.1 Å². The molecule has 0 saturated carbocycles. The van der Waals surface area contributed by atoms with Crippen molar-refractivity contribution in [1.29, 1.82) is 0 Å². The maximum Gasteiger partial charge on any atom is 0.170 e. The highest BCUT2D eigenvalue weighted by molar-refractivity contribution is 6.00. The van der Waals surface area contributed by atoms with Crippen LogP contribution in [0.15, 0.2) is 48.6 Å². The zero-order valence-corrected chi connectivity index (χ0v) is 9.27. The molecule has 1 unspecified atom stereocenters. The number of carbonyl (C=O) groups excluding carboxylic acids is 1. The monoisotopic (exact) mass is 214 g/mol. The SMILES string of the molecule is C=C(C)C=CC1CC(=O)c2ccccc2O1. The fraction of sp³-hybridized carbons (Fsp3) is 0.214. The van der Waals surface area contributed by atoms with Crippen molar-refractivity contribution >= 4 is 5.78 Å². The summed E-state index contributed by atoms with van der Waals surface area (Å²) in [6, 6.07) is 7.35. The molecule has 1 aliphatic heterocycles. The summed E-state index contributed by atoms with van der Waals surface area (Å²) in [6.45, 7) is 5.69. The maximum atomic E-state index is 11.8. The Morgan fingerprint density at radius 3 is 3.00 bits per heavy atom. The molecule has 0 saturated heterocycles. The summed E-state index contributed by atoms with van der Waals surface area (Å²) < 4.78 is 5.70. The molecule has 0 spiro atoms. The van der Waals surface area contributed by atoms with Gasteiger partial charge in [-0.1, -0.05) is 30.4 Å². The number of allylic oxidation sites excluding steroid dienone is 2. The predicted octanol–water partition coefficient (Wildman–Crippen LogP) is 3.15. The molecule has 2 heteroatoms. The van der Waals surface area contributed by atoms with Crippen LogP contribution < -0.4 is 4.74 Å². The number of fused-ring (bicyclic) bond motifs is 1. The first-order valence-corrected chi connectivity index (χ1v) is 5.29. The van der Waals surface area contributed by atoms with E-state index in [2.05, 4.69) is 6.58 Å². The lowest BCUT2D eigenvalue weighted by Crippen LogP contribution is -2.24. The van der Waals surface area contributed by atoms with Crippen molar-refractivity contribution in [1.82, 2.24) is 0 Å². The molecule has 1 aromatic rings. The Morgan fingerprint density at radius 1 is 1.50 bits per heavy atom. The van der Waals surface area contributed by atoms with E-state index in [1.165, 1.54) is 0 Å². The van der Waals surface area contributed by atoms with Gasteiger partial charge in [0, 0.05) is 0 Å². The van der Waals surface area contributed by atoms with Gasteiger partial charge in [0.15, 0.2) is 5.78 Å². The molecular weight excluding hydrogens is 200 g/mol. The predicted molar refractivity (Wildman–Crippen MR) is 63.8 cm³/mol. The highest BCUT2D eigenvalue weighted by Gasteiger charge is 2.23. The Bertz CT molecular complexity index is 458. The average Bonchev–Trinajstić information content (AvgIpc) is 2.26. The van der Waals surface area contributed by atoms with Gasteiger partial charge in [-0.2, -0.15) is 0 Å². The number of ketones is 1. The Morgan fingerprint density at radius 2 is 2.25 bits per heavy atom. The van der Waals surface area contributed by atoms with Crippen molar-refractivity contribution in [3.8, 4) is 5.75 Å². The van der Waals surface area contributed by atoms with E-state index in [9.17, 15) is 4.79 Å². The molecule has 0 amide bonds. The molecule has 1 aromatic carbocycles. The second kappa shape index (κ2) is 4.35. The molecule has 2 rings (SSSR count). The lowest BCUT2D eigenvalue weighted by Gasteiger charge is -2.22. The van der Waals surface area contributed by atoms with Crippen molar-refractivity contribution in [2.24, 2.45) is 0 Å². The van der Waals surface area contributed by atoms with Crippen LogP contribution in [0.4, 0.5) is 0 Å².